The van der Waals surface area contributed by atoms with Gasteiger partial charge in [0.15, 0.2) is 0 Å². The Morgan fingerprint density at radius 1 is 1.24 bits per heavy atom. The number of hydrogen-bond acceptors (Lipinski definition) is 5. The zero-order chi connectivity index (χ0) is 15.1. The normalized spacial score (nSPS) is 15.0. The smallest absolute Gasteiger partial charge is 0.310 e. The quantitative estimate of drug-likeness (QED) is 0.810. The maximum atomic E-state index is 12.0. The Bertz CT molecular complexity index is 481. The maximum Gasteiger partial charge on any atom is 0.310 e. The number of carbonyl (C=O) groups excluding carboxylic acids is 2. The van der Waals surface area contributed by atoms with Crippen molar-refractivity contribution in [1.29, 1.82) is 0 Å². The molecule has 0 spiro atoms. The molecule has 1 saturated heterocycles. The first-order chi connectivity index (χ1) is 10.2. The number of rotatable bonds is 6. The van der Waals surface area contributed by atoms with Gasteiger partial charge in [0.2, 0.25) is 5.91 Å². The van der Waals surface area contributed by atoms with Crippen molar-refractivity contribution >= 4 is 23.2 Å². The molecule has 1 amide bonds. The van der Waals surface area contributed by atoms with Crippen LogP contribution in [-0.4, -0.2) is 43.5 Å². The second-order valence-electron chi connectivity index (χ2n) is 5.17. The SMILES string of the molecule is COC(=O)Cc1ccc(CNCC(=O)N2CCCCC2)s1. The van der Waals surface area contributed by atoms with Crippen LogP contribution in [0.4, 0.5) is 0 Å². The zero-order valence-electron chi connectivity index (χ0n) is 12.4. The van der Waals surface area contributed by atoms with Crippen LogP contribution in [0, 0.1) is 0 Å². The van der Waals surface area contributed by atoms with Crippen LogP contribution in [-0.2, 0) is 27.3 Å². The lowest BCUT2D eigenvalue weighted by atomic mass is 10.1. The van der Waals surface area contributed by atoms with E-state index in [0.29, 0.717) is 19.5 Å². The van der Waals surface area contributed by atoms with Crippen LogP contribution in [0.3, 0.4) is 0 Å². The predicted octanol–water partition coefficient (Wildman–Crippen LogP) is 1.57. The summed E-state index contributed by atoms with van der Waals surface area (Å²) < 4.78 is 4.65. The number of esters is 1. The molecule has 21 heavy (non-hydrogen) atoms. The fourth-order valence-electron chi connectivity index (χ4n) is 2.37. The van der Waals surface area contributed by atoms with Gasteiger partial charge in [0, 0.05) is 29.4 Å². The van der Waals surface area contributed by atoms with E-state index < -0.39 is 0 Å². The van der Waals surface area contributed by atoms with Gasteiger partial charge in [-0.05, 0) is 31.4 Å². The lowest BCUT2D eigenvalue weighted by Gasteiger charge is -2.26. The molecular weight excluding hydrogens is 288 g/mol. The summed E-state index contributed by atoms with van der Waals surface area (Å²) in [6.45, 7) is 2.82. The maximum absolute atomic E-state index is 12.0. The first kappa shape index (κ1) is 16.0. The third-order valence-corrected chi connectivity index (χ3v) is 4.63. The van der Waals surface area contributed by atoms with Crippen LogP contribution in [0.5, 0.6) is 0 Å². The molecule has 0 atom stereocenters. The number of carbonyl (C=O) groups is 2. The Morgan fingerprint density at radius 2 is 1.95 bits per heavy atom. The zero-order valence-corrected chi connectivity index (χ0v) is 13.2. The van der Waals surface area contributed by atoms with E-state index >= 15 is 0 Å². The molecule has 0 unspecified atom stereocenters. The molecule has 6 heteroatoms. The summed E-state index contributed by atoms with van der Waals surface area (Å²) in [5, 5.41) is 3.18. The summed E-state index contributed by atoms with van der Waals surface area (Å²) in [7, 11) is 1.39. The number of amides is 1. The Labute approximate surface area is 129 Å². The molecule has 0 saturated carbocycles. The summed E-state index contributed by atoms with van der Waals surface area (Å²) in [5.74, 6) is -0.0438. The van der Waals surface area contributed by atoms with Crippen molar-refractivity contribution in [3.05, 3.63) is 21.9 Å². The third-order valence-electron chi connectivity index (χ3n) is 3.55. The molecule has 1 aliphatic heterocycles. The number of ether oxygens (including phenoxy) is 1. The average molecular weight is 310 g/mol. The van der Waals surface area contributed by atoms with E-state index in [0.717, 1.165) is 35.7 Å². The third kappa shape index (κ3) is 5.13. The van der Waals surface area contributed by atoms with Gasteiger partial charge in [-0.15, -0.1) is 11.3 Å². The lowest BCUT2D eigenvalue weighted by Crippen LogP contribution is -2.40. The summed E-state index contributed by atoms with van der Waals surface area (Å²) >= 11 is 1.58. The second-order valence-corrected chi connectivity index (χ2v) is 6.42. The molecule has 1 aliphatic rings. The van der Waals surface area contributed by atoms with Crippen LogP contribution in [0.2, 0.25) is 0 Å². The number of thiophene rings is 1. The highest BCUT2D eigenvalue weighted by Gasteiger charge is 2.15. The molecule has 0 aromatic carbocycles. The Balaban J connectivity index is 1.70. The molecule has 1 N–H and O–H groups in total. The van der Waals surface area contributed by atoms with Gasteiger partial charge in [0.25, 0.3) is 0 Å². The second kappa shape index (κ2) is 8.14. The van der Waals surface area contributed by atoms with Gasteiger partial charge in [0.05, 0.1) is 20.1 Å². The Kier molecular flexibility index (Phi) is 6.20. The number of likely N-dealkylation sites (tertiary alicyclic amines) is 1. The number of hydrogen-bond donors (Lipinski definition) is 1. The fraction of sp³-hybridized carbons (Fsp3) is 0.600. The van der Waals surface area contributed by atoms with Gasteiger partial charge in [-0.25, -0.2) is 0 Å². The van der Waals surface area contributed by atoms with E-state index in [9.17, 15) is 9.59 Å². The minimum absolute atomic E-state index is 0.182. The molecule has 0 bridgehead atoms. The van der Waals surface area contributed by atoms with E-state index in [1.165, 1.54) is 13.5 Å². The van der Waals surface area contributed by atoms with Gasteiger partial charge in [0.1, 0.15) is 0 Å². The first-order valence-electron chi connectivity index (χ1n) is 7.32. The van der Waals surface area contributed by atoms with Crippen molar-refractivity contribution in [3.8, 4) is 0 Å². The van der Waals surface area contributed by atoms with Gasteiger partial charge in [-0.2, -0.15) is 0 Å². The van der Waals surface area contributed by atoms with Crippen LogP contribution >= 0.6 is 11.3 Å². The molecule has 2 rings (SSSR count). The number of methoxy groups -OCH3 is 1. The first-order valence-corrected chi connectivity index (χ1v) is 8.13. The molecule has 0 radical (unpaired) electrons. The van der Waals surface area contributed by atoms with Crippen LogP contribution in [0.1, 0.15) is 29.0 Å². The molecule has 1 aromatic heterocycles. The average Bonchev–Trinajstić information content (AvgIpc) is 2.95. The van der Waals surface area contributed by atoms with Crippen molar-refractivity contribution in [3.63, 3.8) is 0 Å². The minimum atomic E-state index is -0.225. The summed E-state index contributed by atoms with van der Waals surface area (Å²) in [4.78, 5) is 27.2. The van der Waals surface area contributed by atoms with Crippen molar-refractivity contribution in [2.75, 3.05) is 26.7 Å². The minimum Gasteiger partial charge on any atom is -0.469 e. The van der Waals surface area contributed by atoms with Crippen LogP contribution < -0.4 is 5.32 Å². The molecule has 0 aliphatic carbocycles. The van der Waals surface area contributed by atoms with E-state index in [1.54, 1.807) is 11.3 Å². The molecular formula is C15H22N2O3S. The lowest BCUT2D eigenvalue weighted by molar-refractivity contribution is -0.139. The molecule has 5 nitrogen and oxygen atoms in total. The monoisotopic (exact) mass is 310 g/mol. The van der Waals surface area contributed by atoms with Crippen LogP contribution in [0.15, 0.2) is 12.1 Å². The largest absolute Gasteiger partial charge is 0.469 e. The van der Waals surface area contributed by atoms with Crippen molar-refractivity contribution in [2.45, 2.75) is 32.2 Å². The van der Waals surface area contributed by atoms with Gasteiger partial charge >= 0.3 is 5.97 Å². The van der Waals surface area contributed by atoms with Gasteiger partial charge in [-0.1, -0.05) is 0 Å². The molecule has 1 aromatic rings. The van der Waals surface area contributed by atoms with Crippen molar-refractivity contribution in [1.82, 2.24) is 10.2 Å². The van der Waals surface area contributed by atoms with Crippen molar-refractivity contribution in [2.24, 2.45) is 0 Å². The van der Waals surface area contributed by atoms with E-state index in [-0.39, 0.29) is 11.9 Å². The van der Waals surface area contributed by atoms with Crippen molar-refractivity contribution < 1.29 is 14.3 Å². The van der Waals surface area contributed by atoms with E-state index in [1.807, 2.05) is 17.0 Å². The Morgan fingerprint density at radius 3 is 2.67 bits per heavy atom. The molecule has 116 valence electrons. The highest BCUT2D eigenvalue weighted by Crippen LogP contribution is 2.17. The van der Waals surface area contributed by atoms with E-state index in [2.05, 4.69) is 10.1 Å². The summed E-state index contributed by atoms with van der Waals surface area (Å²) in [6.07, 6.45) is 3.78. The Hall–Kier alpha value is -1.40. The topological polar surface area (TPSA) is 58.6 Å². The standard InChI is InChI=1S/C15H22N2O3S/c1-20-15(19)9-12-5-6-13(21-12)10-16-11-14(18)17-7-3-2-4-8-17/h5-6,16H,2-4,7-11H2,1H3. The number of nitrogens with one attached hydrogen (secondary N) is 1. The predicted molar refractivity (Wildman–Crippen MR) is 82.2 cm³/mol. The van der Waals surface area contributed by atoms with Gasteiger partial charge < -0.3 is 15.0 Å². The summed E-state index contributed by atoms with van der Waals surface area (Å²) in [6, 6.07) is 3.92. The molecule has 1 fully saturated rings. The van der Waals surface area contributed by atoms with Gasteiger partial charge in [-0.3, -0.25) is 9.59 Å². The van der Waals surface area contributed by atoms with E-state index in [4.69, 9.17) is 0 Å². The fourth-order valence-corrected chi connectivity index (χ4v) is 3.35. The highest BCUT2D eigenvalue weighted by molar-refractivity contribution is 7.12. The van der Waals surface area contributed by atoms with Crippen LogP contribution in [0.25, 0.3) is 0 Å². The number of nitrogens with zero attached hydrogens (tertiary/aromatic N) is 1. The number of piperidine rings is 1. The highest BCUT2D eigenvalue weighted by atomic mass is 32.1. The summed E-state index contributed by atoms with van der Waals surface area (Å²) in [5.41, 5.74) is 0. The molecule has 2 heterocycles.